The minimum absolute atomic E-state index is 0.359. The second-order valence-electron chi connectivity index (χ2n) is 8.48. The molecule has 24 heavy (non-hydrogen) atoms. The monoisotopic (exact) mass is 334 g/mol. The summed E-state index contributed by atoms with van der Waals surface area (Å²) < 4.78 is 5.22. The van der Waals surface area contributed by atoms with Crippen LogP contribution < -0.4 is 10.6 Å². The SMILES string of the molecule is CC(C)(C)CCNCc1ccc(CCNC(=O)OC(C)(C)C)cc1. The maximum absolute atomic E-state index is 11.6. The van der Waals surface area contributed by atoms with Crippen LogP contribution >= 0.6 is 0 Å². The van der Waals surface area contributed by atoms with Crippen molar-refractivity contribution in [3.8, 4) is 0 Å². The van der Waals surface area contributed by atoms with E-state index >= 15 is 0 Å². The van der Waals surface area contributed by atoms with Gasteiger partial charge in [0.1, 0.15) is 5.60 Å². The van der Waals surface area contributed by atoms with Crippen LogP contribution in [0.3, 0.4) is 0 Å². The maximum atomic E-state index is 11.6. The summed E-state index contributed by atoms with van der Waals surface area (Å²) in [5.41, 5.74) is 2.42. The Morgan fingerprint density at radius 3 is 2.08 bits per heavy atom. The molecule has 1 aromatic rings. The van der Waals surface area contributed by atoms with Crippen molar-refractivity contribution in [2.75, 3.05) is 13.1 Å². The van der Waals surface area contributed by atoms with E-state index < -0.39 is 5.60 Å². The Morgan fingerprint density at radius 2 is 1.54 bits per heavy atom. The van der Waals surface area contributed by atoms with Crippen LogP contribution in [0.2, 0.25) is 0 Å². The van der Waals surface area contributed by atoms with Gasteiger partial charge in [0, 0.05) is 13.1 Å². The Hall–Kier alpha value is -1.55. The minimum atomic E-state index is -0.453. The number of alkyl carbamates (subject to hydrolysis) is 1. The Kier molecular flexibility index (Phi) is 7.74. The first-order chi connectivity index (χ1) is 11.1. The van der Waals surface area contributed by atoms with Crippen LogP contribution in [-0.4, -0.2) is 24.8 Å². The molecule has 0 aliphatic rings. The van der Waals surface area contributed by atoms with Gasteiger partial charge in [-0.05, 0) is 56.7 Å². The molecule has 0 aliphatic carbocycles. The zero-order valence-electron chi connectivity index (χ0n) is 16.2. The van der Waals surface area contributed by atoms with Gasteiger partial charge >= 0.3 is 6.09 Å². The lowest BCUT2D eigenvalue weighted by molar-refractivity contribution is 0.0528. The van der Waals surface area contributed by atoms with Crippen molar-refractivity contribution in [2.45, 2.75) is 66.5 Å². The van der Waals surface area contributed by atoms with Gasteiger partial charge in [-0.1, -0.05) is 45.0 Å². The van der Waals surface area contributed by atoms with Crippen molar-refractivity contribution >= 4 is 6.09 Å². The van der Waals surface area contributed by atoms with Crippen LogP contribution in [0.4, 0.5) is 4.79 Å². The summed E-state index contributed by atoms with van der Waals surface area (Å²) in [6, 6.07) is 8.54. The molecule has 0 saturated carbocycles. The smallest absolute Gasteiger partial charge is 0.407 e. The Balaban J connectivity index is 2.26. The first-order valence-electron chi connectivity index (χ1n) is 8.81. The third-order valence-electron chi connectivity index (χ3n) is 3.49. The highest BCUT2D eigenvalue weighted by Gasteiger charge is 2.15. The van der Waals surface area contributed by atoms with E-state index in [0.29, 0.717) is 12.0 Å². The molecule has 0 fully saturated rings. The van der Waals surface area contributed by atoms with Crippen molar-refractivity contribution in [3.63, 3.8) is 0 Å². The van der Waals surface area contributed by atoms with Crippen LogP contribution in [-0.2, 0) is 17.7 Å². The van der Waals surface area contributed by atoms with Gasteiger partial charge < -0.3 is 15.4 Å². The predicted molar refractivity (Wildman–Crippen MR) is 100 cm³/mol. The molecule has 0 bridgehead atoms. The number of carbonyl (C=O) groups is 1. The Bertz CT molecular complexity index is 496. The molecule has 0 heterocycles. The van der Waals surface area contributed by atoms with E-state index in [2.05, 4.69) is 55.7 Å². The normalized spacial score (nSPS) is 12.1. The summed E-state index contributed by atoms with van der Waals surface area (Å²) in [7, 11) is 0. The third kappa shape index (κ3) is 10.3. The van der Waals surface area contributed by atoms with Crippen LogP contribution in [0.1, 0.15) is 59.1 Å². The molecule has 0 unspecified atom stereocenters. The van der Waals surface area contributed by atoms with E-state index in [1.54, 1.807) is 0 Å². The Labute approximate surface area is 147 Å². The lowest BCUT2D eigenvalue weighted by Crippen LogP contribution is -2.33. The summed E-state index contributed by atoms with van der Waals surface area (Å²) in [5, 5.41) is 6.27. The zero-order valence-corrected chi connectivity index (χ0v) is 16.2. The number of rotatable bonds is 7. The summed E-state index contributed by atoms with van der Waals surface area (Å²) in [4.78, 5) is 11.6. The Morgan fingerprint density at radius 1 is 0.958 bits per heavy atom. The fraction of sp³-hybridized carbons (Fsp3) is 0.650. The molecular formula is C20H34N2O2. The highest BCUT2D eigenvalue weighted by Crippen LogP contribution is 2.17. The number of hydrogen-bond donors (Lipinski definition) is 2. The van der Waals surface area contributed by atoms with Crippen LogP contribution in [0.25, 0.3) is 0 Å². The molecule has 4 nitrogen and oxygen atoms in total. The van der Waals surface area contributed by atoms with Crippen molar-refractivity contribution in [2.24, 2.45) is 5.41 Å². The number of nitrogens with one attached hydrogen (secondary N) is 2. The number of amides is 1. The average molecular weight is 335 g/mol. The maximum Gasteiger partial charge on any atom is 0.407 e. The molecule has 136 valence electrons. The lowest BCUT2D eigenvalue weighted by atomic mass is 9.92. The number of carbonyl (C=O) groups excluding carboxylic acids is 1. The van der Waals surface area contributed by atoms with Gasteiger partial charge in [-0.3, -0.25) is 0 Å². The quantitative estimate of drug-likeness (QED) is 0.732. The molecule has 4 heteroatoms. The molecule has 0 atom stereocenters. The fourth-order valence-electron chi connectivity index (χ4n) is 2.14. The standard InChI is InChI=1S/C20H34N2O2/c1-19(2,3)12-14-21-15-17-9-7-16(8-10-17)11-13-22-18(23)24-20(4,5)6/h7-10,21H,11-15H2,1-6H3,(H,22,23). The van der Waals surface area contributed by atoms with Crippen molar-refractivity contribution in [3.05, 3.63) is 35.4 Å². The second-order valence-corrected chi connectivity index (χ2v) is 8.48. The molecule has 0 spiro atoms. The largest absolute Gasteiger partial charge is 0.444 e. The van der Waals surface area contributed by atoms with Gasteiger partial charge in [-0.15, -0.1) is 0 Å². The summed E-state index contributed by atoms with van der Waals surface area (Å²) >= 11 is 0. The van der Waals surface area contributed by atoms with E-state index in [4.69, 9.17) is 4.74 Å². The predicted octanol–water partition coefficient (Wildman–Crippen LogP) is 4.28. The molecule has 0 radical (unpaired) electrons. The van der Waals surface area contributed by atoms with E-state index in [1.165, 1.54) is 17.5 Å². The van der Waals surface area contributed by atoms with E-state index in [0.717, 1.165) is 19.5 Å². The van der Waals surface area contributed by atoms with E-state index in [9.17, 15) is 4.79 Å². The minimum Gasteiger partial charge on any atom is -0.444 e. The molecular weight excluding hydrogens is 300 g/mol. The molecule has 1 amide bonds. The van der Waals surface area contributed by atoms with E-state index in [1.807, 2.05) is 20.8 Å². The average Bonchev–Trinajstić information content (AvgIpc) is 2.42. The molecule has 2 N–H and O–H groups in total. The molecule has 1 rings (SSSR count). The zero-order chi connectivity index (χ0) is 18.2. The topological polar surface area (TPSA) is 50.4 Å². The molecule has 1 aromatic carbocycles. The van der Waals surface area contributed by atoms with Crippen LogP contribution in [0.15, 0.2) is 24.3 Å². The highest BCUT2D eigenvalue weighted by atomic mass is 16.6. The van der Waals surface area contributed by atoms with E-state index in [-0.39, 0.29) is 6.09 Å². The van der Waals surface area contributed by atoms with Gasteiger partial charge in [0.15, 0.2) is 0 Å². The summed E-state index contributed by atoms with van der Waals surface area (Å²) in [6.07, 6.45) is 1.61. The van der Waals surface area contributed by atoms with Crippen LogP contribution in [0.5, 0.6) is 0 Å². The third-order valence-corrected chi connectivity index (χ3v) is 3.49. The highest BCUT2D eigenvalue weighted by molar-refractivity contribution is 5.67. The molecule has 0 saturated heterocycles. The van der Waals surface area contributed by atoms with Crippen LogP contribution in [0, 0.1) is 5.41 Å². The first kappa shape index (κ1) is 20.5. The molecule has 0 aliphatic heterocycles. The first-order valence-corrected chi connectivity index (χ1v) is 8.81. The van der Waals surface area contributed by atoms with Gasteiger partial charge in [0.2, 0.25) is 0 Å². The van der Waals surface area contributed by atoms with Gasteiger partial charge in [0.25, 0.3) is 0 Å². The summed E-state index contributed by atoms with van der Waals surface area (Å²) in [5.74, 6) is 0. The number of ether oxygens (including phenoxy) is 1. The van der Waals surface area contributed by atoms with Crippen molar-refractivity contribution in [1.82, 2.24) is 10.6 Å². The van der Waals surface area contributed by atoms with Gasteiger partial charge in [-0.2, -0.15) is 0 Å². The number of hydrogen-bond acceptors (Lipinski definition) is 3. The second kappa shape index (κ2) is 9.07. The molecule has 0 aromatic heterocycles. The van der Waals surface area contributed by atoms with Crippen molar-refractivity contribution < 1.29 is 9.53 Å². The lowest BCUT2D eigenvalue weighted by Gasteiger charge is -2.19. The van der Waals surface area contributed by atoms with Gasteiger partial charge in [-0.25, -0.2) is 4.79 Å². The van der Waals surface area contributed by atoms with Gasteiger partial charge in [0.05, 0.1) is 0 Å². The summed E-state index contributed by atoms with van der Waals surface area (Å²) in [6.45, 7) is 14.9. The van der Waals surface area contributed by atoms with Crippen molar-refractivity contribution in [1.29, 1.82) is 0 Å². The fourth-order valence-corrected chi connectivity index (χ4v) is 2.14. The number of benzene rings is 1.